The molecule has 1 saturated heterocycles. The van der Waals surface area contributed by atoms with E-state index < -0.39 is 0 Å². The minimum Gasteiger partial charge on any atom is -0.324 e. The number of pyridine rings is 1. The van der Waals surface area contributed by atoms with E-state index in [4.69, 9.17) is 5.26 Å². The number of amides is 2. The van der Waals surface area contributed by atoms with E-state index in [1.54, 1.807) is 41.7 Å². The van der Waals surface area contributed by atoms with Crippen molar-refractivity contribution < 1.29 is 4.79 Å². The molecule has 6 rings (SSSR count). The van der Waals surface area contributed by atoms with Gasteiger partial charge in [-0.15, -0.1) is 11.3 Å². The number of likely N-dealkylation sites (tertiary alicyclic amines) is 1. The zero-order valence-corrected chi connectivity index (χ0v) is 19.2. The van der Waals surface area contributed by atoms with Crippen molar-refractivity contribution >= 4 is 33.1 Å². The van der Waals surface area contributed by atoms with Crippen LogP contribution in [0.1, 0.15) is 23.6 Å². The first-order valence-electron chi connectivity index (χ1n) is 11.4. The molecule has 7 heteroatoms. The fourth-order valence-electron chi connectivity index (χ4n) is 5.37. The van der Waals surface area contributed by atoms with Crippen molar-refractivity contribution in [2.75, 3.05) is 18.4 Å². The summed E-state index contributed by atoms with van der Waals surface area (Å²) in [6.45, 7) is 1.79. The van der Waals surface area contributed by atoms with Gasteiger partial charge in [-0.3, -0.25) is 4.79 Å². The highest BCUT2D eigenvalue weighted by molar-refractivity contribution is 7.22. The van der Waals surface area contributed by atoms with Gasteiger partial charge in [0, 0.05) is 58.1 Å². The van der Waals surface area contributed by atoms with Gasteiger partial charge in [-0.2, -0.15) is 5.26 Å². The first-order chi connectivity index (χ1) is 16.6. The number of nitriles is 1. The number of thiophene rings is 1. The summed E-state index contributed by atoms with van der Waals surface area (Å²) in [5, 5.41) is 13.3. The molecule has 1 fully saturated rings. The molecule has 4 aromatic rings. The molecule has 2 aromatic carbocycles. The molecule has 34 heavy (non-hydrogen) atoms. The molecule has 0 aliphatic carbocycles. The Kier molecular flexibility index (Phi) is 4.96. The van der Waals surface area contributed by atoms with E-state index in [0.717, 1.165) is 22.6 Å². The molecule has 2 aromatic heterocycles. The van der Waals surface area contributed by atoms with Crippen molar-refractivity contribution in [2.45, 2.75) is 18.9 Å². The molecule has 2 atom stereocenters. The maximum absolute atomic E-state index is 13.1. The summed E-state index contributed by atoms with van der Waals surface area (Å²) < 4.78 is 3.16. The molecule has 2 aliphatic rings. The minimum atomic E-state index is -0.167. The average molecular weight is 467 g/mol. The van der Waals surface area contributed by atoms with Crippen LogP contribution in [-0.4, -0.2) is 28.6 Å². The number of urea groups is 1. The highest BCUT2D eigenvalue weighted by atomic mass is 32.1. The lowest BCUT2D eigenvalue weighted by molar-refractivity contribution is 0.140. The Bertz CT molecular complexity index is 1500. The molecule has 2 aliphatic heterocycles. The molecule has 0 saturated carbocycles. The smallest absolute Gasteiger partial charge is 0.321 e. The number of hydrogen-bond acceptors (Lipinski definition) is 4. The lowest BCUT2D eigenvalue weighted by atomic mass is 9.81. The molecule has 2 amide bonds. The van der Waals surface area contributed by atoms with Gasteiger partial charge in [-0.1, -0.05) is 24.3 Å². The zero-order chi connectivity index (χ0) is 23.2. The molecule has 1 N–H and O–H groups in total. The van der Waals surface area contributed by atoms with Crippen LogP contribution < -0.4 is 10.9 Å². The van der Waals surface area contributed by atoms with Gasteiger partial charge in [0.2, 0.25) is 0 Å². The van der Waals surface area contributed by atoms with Gasteiger partial charge in [0.1, 0.15) is 0 Å². The number of rotatable bonds is 2. The third-order valence-corrected chi connectivity index (χ3v) is 7.96. The van der Waals surface area contributed by atoms with Crippen LogP contribution in [0.3, 0.4) is 0 Å². The van der Waals surface area contributed by atoms with Gasteiger partial charge in [0.25, 0.3) is 5.56 Å². The number of piperidine rings is 1. The second-order valence-corrected chi connectivity index (χ2v) is 10.1. The van der Waals surface area contributed by atoms with E-state index in [-0.39, 0.29) is 23.4 Å². The van der Waals surface area contributed by atoms with Gasteiger partial charge < -0.3 is 14.8 Å². The predicted molar refractivity (Wildman–Crippen MR) is 134 cm³/mol. The van der Waals surface area contributed by atoms with E-state index >= 15 is 0 Å². The number of carbonyl (C=O) groups is 1. The number of carbonyl (C=O) groups excluding carboxylic acids is 1. The van der Waals surface area contributed by atoms with Gasteiger partial charge in [0.15, 0.2) is 0 Å². The van der Waals surface area contributed by atoms with Crippen molar-refractivity contribution in [2.24, 2.45) is 5.92 Å². The predicted octanol–water partition coefficient (Wildman–Crippen LogP) is 5.25. The SMILES string of the molecule is N#Cc1cccc(NC(=O)N2C[C@@H]3C[C@@H](C2)c2c(-c4cc5ccccc5s4)ccc(=O)n2C3)c1. The number of nitrogens with one attached hydrogen (secondary N) is 1. The first kappa shape index (κ1) is 20.7. The molecule has 0 unspecified atom stereocenters. The highest BCUT2D eigenvalue weighted by Crippen LogP contribution is 2.42. The number of benzene rings is 2. The summed E-state index contributed by atoms with van der Waals surface area (Å²) in [4.78, 5) is 28.9. The van der Waals surface area contributed by atoms with Crippen LogP contribution >= 0.6 is 11.3 Å². The van der Waals surface area contributed by atoms with E-state index in [1.165, 1.54) is 10.1 Å². The topological polar surface area (TPSA) is 78.1 Å². The Hall–Kier alpha value is -3.89. The Balaban J connectivity index is 1.33. The van der Waals surface area contributed by atoms with Crippen LogP contribution in [0.2, 0.25) is 0 Å². The van der Waals surface area contributed by atoms with Crippen molar-refractivity contribution in [1.29, 1.82) is 5.26 Å². The largest absolute Gasteiger partial charge is 0.324 e. The second-order valence-electron chi connectivity index (χ2n) is 9.06. The van der Waals surface area contributed by atoms with Crippen LogP contribution in [-0.2, 0) is 6.54 Å². The maximum atomic E-state index is 13.1. The molecule has 0 radical (unpaired) electrons. The second kappa shape index (κ2) is 8.15. The standard InChI is InChI=1S/C27H22N4O2S/c28-13-17-4-3-6-21(11-17)29-27(33)30-14-18-10-20(16-30)26-22(8-9-25(32)31(26)15-18)24-12-19-5-1-2-7-23(19)34-24/h1-9,11-12,18,20H,10,14-16H2,(H,29,33)/t18-,20-/m0/s1. The lowest BCUT2D eigenvalue weighted by Crippen LogP contribution is -2.50. The van der Waals surface area contributed by atoms with Crippen LogP contribution in [0.5, 0.6) is 0 Å². The van der Waals surface area contributed by atoms with Crippen LogP contribution in [0, 0.1) is 17.2 Å². The third kappa shape index (κ3) is 3.57. The van der Waals surface area contributed by atoms with Crippen LogP contribution in [0.15, 0.2) is 71.5 Å². The van der Waals surface area contributed by atoms with Gasteiger partial charge >= 0.3 is 6.03 Å². The van der Waals surface area contributed by atoms with E-state index in [9.17, 15) is 9.59 Å². The molecular formula is C27H22N4O2S. The molecule has 2 bridgehead atoms. The monoisotopic (exact) mass is 466 g/mol. The number of hydrogen-bond donors (Lipinski definition) is 1. The summed E-state index contributed by atoms with van der Waals surface area (Å²) in [7, 11) is 0. The van der Waals surface area contributed by atoms with Crippen molar-refractivity contribution in [3.8, 4) is 16.5 Å². The number of aromatic nitrogens is 1. The van der Waals surface area contributed by atoms with Crippen molar-refractivity contribution in [3.63, 3.8) is 0 Å². The van der Waals surface area contributed by atoms with Gasteiger partial charge in [-0.25, -0.2) is 4.79 Å². The van der Waals surface area contributed by atoms with E-state index in [2.05, 4.69) is 29.6 Å². The summed E-state index contributed by atoms with van der Waals surface area (Å²) in [5.41, 5.74) is 3.28. The van der Waals surface area contributed by atoms with Gasteiger partial charge in [0.05, 0.1) is 11.6 Å². The molecule has 0 spiro atoms. The minimum absolute atomic E-state index is 0.0285. The fraction of sp³-hybridized carbons (Fsp3) is 0.222. The Morgan fingerprint density at radius 1 is 1.03 bits per heavy atom. The normalized spacial score (nSPS) is 18.9. The van der Waals surface area contributed by atoms with Gasteiger partial charge in [-0.05, 0) is 54.1 Å². The molecule has 6 nitrogen and oxygen atoms in total. The van der Waals surface area contributed by atoms with Crippen LogP contribution in [0.4, 0.5) is 10.5 Å². The Labute approximate surface area is 200 Å². The summed E-state index contributed by atoms with van der Waals surface area (Å²) in [6.07, 6.45) is 0.967. The van der Waals surface area contributed by atoms with E-state index in [0.29, 0.717) is 30.9 Å². The number of anilines is 1. The number of fused-ring (bicyclic) bond motifs is 5. The molecular weight excluding hydrogens is 444 g/mol. The quantitative estimate of drug-likeness (QED) is 0.438. The lowest BCUT2D eigenvalue weighted by Gasteiger charge is -2.43. The Morgan fingerprint density at radius 3 is 2.76 bits per heavy atom. The number of nitrogens with zero attached hydrogens (tertiary/aromatic N) is 3. The fourth-order valence-corrected chi connectivity index (χ4v) is 6.47. The van der Waals surface area contributed by atoms with Crippen molar-refractivity contribution in [3.05, 3.63) is 88.3 Å². The molecule has 168 valence electrons. The zero-order valence-electron chi connectivity index (χ0n) is 18.4. The van der Waals surface area contributed by atoms with Crippen LogP contribution in [0.25, 0.3) is 20.5 Å². The first-order valence-corrected chi connectivity index (χ1v) is 12.2. The third-order valence-electron chi connectivity index (χ3n) is 6.81. The molecule has 4 heterocycles. The van der Waals surface area contributed by atoms with Crippen molar-refractivity contribution in [1.82, 2.24) is 9.47 Å². The summed E-state index contributed by atoms with van der Waals surface area (Å²) >= 11 is 1.74. The summed E-state index contributed by atoms with van der Waals surface area (Å²) in [6, 6.07) is 23.0. The van der Waals surface area contributed by atoms with E-state index in [1.807, 2.05) is 27.7 Å². The maximum Gasteiger partial charge on any atom is 0.321 e. The summed E-state index contributed by atoms with van der Waals surface area (Å²) in [5.74, 6) is 0.329. The Morgan fingerprint density at radius 2 is 1.91 bits per heavy atom. The average Bonchev–Trinajstić information content (AvgIpc) is 3.29. The highest BCUT2D eigenvalue weighted by Gasteiger charge is 2.38.